The maximum atomic E-state index is 11.2. The summed E-state index contributed by atoms with van der Waals surface area (Å²) in [5, 5.41) is 0. The van der Waals surface area contributed by atoms with Crippen LogP contribution in [0.25, 0.3) is 0 Å². The molecule has 0 unspecified atom stereocenters. The van der Waals surface area contributed by atoms with Crippen LogP contribution in [-0.4, -0.2) is 54.3 Å². The minimum absolute atomic E-state index is 0.307. The molecule has 3 heteroatoms. The van der Waals surface area contributed by atoms with Crippen molar-refractivity contribution in [3.8, 4) is 0 Å². The van der Waals surface area contributed by atoms with Crippen molar-refractivity contribution in [3.05, 3.63) is 0 Å². The number of piperidine rings is 1. The van der Waals surface area contributed by atoms with Crippen LogP contribution in [0.15, 0.2) is 0 Å². The van der Waals surface area contributed by atoms with Crippen molar-refractivity contribution in [1.82, 2.24) is 9.80 Å². The van der Waals surface area contributed by atoms with E-state index in [2.05, 4.69) is 23.6 Å². The van der Waals surface area contributed by atoms with Crippen LogP contribution in [0, 0.1) is 5.41 Å². The van der Waals surface area contributed by atoms with Gasteiger partial charge in [0.2, 0.25) is 0 Å². The first-order valence-electron chi connectivity index (χ1n) is 6.97. The number of nitrogens with zero attached hydrogens (tertiary/aromatic N) is 2. The van der Waals surface area contributed by atoms with Gasteiger partial charge in [-0.15, -0.1) is 0 Å². The van der Waals surface area contributed by atoms with E-state index in [0.717, 1.165) is 13.1 Å². The van der Waals surface area contributed by atoms with Crippen LogP contribution in [0.1, 0.15) is 40.0 Å². The Balaban J connectivity index is 1.85. The predicted molar refractivity (Wildman–Crippen MR) is 70.1 cm³/mol. The molecule has 2 heterocycles. The molecule has 0 aromatic carbocycles. The van der Waals surface area contributed by atoms with Crippen molar-refractivity contribution < 1.29 is 4.79 Å². The molecule has 0 aromatic rings. The Morgan fingerprint density at radius 1 is 1.18 bits per heavy atom. The van der Waals surface area contributed by atoms with Crippen molar-refractivity contribution in [2.45, 2.75) is 46.1 Å². The lowest BCUT2D eigenvalue weighted by molar-refractivity contribution is -0.118. The van der Waals surface area contributed by atoms with E-state index in [1.807, 2.05) is 0 Å². The first-order valence-corrected chi connectivity index (χ1v) is 6.97. The van der Waals surface area contributed by atoms with Crippen LogP contribution in [0.5, 0.6) is 0 Å². The Morgan fingerprint density at radius 2 is 1.76 bits per heavy atom. The molecule has 0 aromatic heterocycles. The number of hydrogen-bond donors (Lipinski definition) is 0. The van der Waals surface area contributed by atoms with Crippen LogP contribution >= 0.6 is 0 Å². The second kappa shape index (κ2) is 5.07. The molecular weight excluding hydrogens is 212 g/mol. The monoisotopic (exact) mass is 238 g/mol. The van der Waals surface area contributed by atoms with Crippen LogP contribution in [-0.2, 0) is 4.79 Å². The fourth-order valence-corrected chi connectivity index (χ4v) is 3.40. The molecule has 2 aliphatic heterocycles. The van der Waals surface area contributed by atoms with Gasteiger partial charge in [0.05, 0.1) is 6.54 Å². The van der Waals surface area contributed by atoms with Crippen molar-refractivity contribution >= 4 is 5.78 Å². The van der Waals surface area contributed by atoms with Crippen molar-refractivity contribution in [1.29, 1.82) is 0 Å². The molecule has 2 fully saturated rings. The van der Waals surface area contributed by atoms with Crippen LogP contribution < -0.4 is 0 Å². The second-order valence-corrected chi connectivity index (χ2v) is 6.29. The number of carbonyl (C=O) groups is 1. The van der Waals surface area contributed by atoms with Crippen LogP contribution in [0.4, 0.5) is 0 Å². The van der Waals surface area contributed by atoms with E-state index in [0.29, 0.717) is 23.8 Å². The molecule has 98 valence electrons. The average Bonchev–Trinajstić information content (AvgIpc) is 2.61. The number of ketones is 1. The molecule has 0 atom stereocenters. The molecule has 3 nitrogen and oxygen atoms in total. The minimum atomic E-state index is 0.307. The van der Waals surface area contributed by atoms with Gasteiger partial charge in [-0.25, -0.2) is 0 Å². The summed E-state index contributed by atoms with van der Waals surface area (Å²) in [5.74, 6) is 0.307. The average molecular weight is 238 g/mol. The first-order chi connectivity index (χ1) is 8.01. The fraction of sp³-hybridized carbons (Fsp3) is 0.929. The summed E-state index contributed by atoms with van der Waals surface area (Å²) in [5.41, 5.74) is 0.529. The smallest absolute Gasteiger partial charge is 0.143 e. The van der Waals surface area contributed by atoms with Gasteiger partial charge >= 0.3 is 0 Å². The third-order valence-corrected chi connectivity index (χ3v) is 4.55. The van der Waals surface area contributed by atoms with E-state index in [4.69, 9.17) is 0 Å². The number of likely N-dealkylation sites (tertiary alicyclic amines) is 2. The maximum absolute atomic E-state index is 11.2. The Morgan fingerprint density at radius 3 is 2.29 bits per heavy atom. The molecule has 2 rings (SSSR count). The molecule has 0 bridgehead atoms. The molecule has 2 saturated heterocycles. The van der Waals surface area contributed by atoms with Gasteiger partial charge in [0.1, 0.15) is 5.78 Å². The van der Waals surface area contributed by atoms with Crippen molar-refractivity contribution in [2.75, 3.05) is 32.7 Å². The summed E-state index contributed by atoms with van der Waals surface area (Å²) in [6, 6.07) is 0.682. The van der Waals surface area contributed by atoms with E-state index in [-0.39, 0.29) is 0 Å². The van der Waals surface area contributed by atoms with Crippen LogP contribution in [0.3, 0.4) is 0 Å². The molecule has 0 aliphatic carbocycles. The Bertz CT molecular complexity index is 280. The molecule has 17 heavy (non-hydrogen) atoms. The molecule has 1 spiro atoms. The maximum Gasteiger partial charge on any atom is 0.143 e. The number of Topliss-reactive ketones (excluding diaryl/α,β-unsaturated/α-hetero) is 1. The highest BCUT2D eigenvalue weighted by atomic mass is 16.1. The third kappa shape index (κ3) is 3.08. The van der Waals surface area contributed by atoms with Gasteiger partial charge < -0.3 is 4.90 Å². The number of hydrogen-bond acceptors (Lipinski definition) is 3. The molecule has 0 radical (unpaired) electrons. The minimum Gasteiger partial charge on any atom is -0.301 e. The lowest BCUT2D eigenvalue weighted by atomic mass is 9.77. The molecular formula is C14H26N2O. The summed E-state index contributed by atoms with van der Waals surface area (Å²) in [4.78, 5) is 16.1. The predicted octanol–water partition coefficient (Wildman–Crippen LogP) is 1.77. The lowest BCUT2D eigenvalue weighted by Crippen LogP contribution is -2.44. The molecule has 0 saturated carbocycles. The molecule has 2 aliphatic rings. The van der Waals surface area contributed by atoms with Gasteiger partial charge in [0, 0.05) is 12.6 Å². The van der Waals surface area contributed by atoms with Gasteiger partial charge in [0.25, 0.3) is 0 Å². The second-order valence-electron chi connectivity index (χ2n) is 6.29. The molecule has 0 amide bonds. The van der Waals surface area contributed by atoms with E-state index in [9.17, 15) is 4.79 Å². The Kier molecular flexibility index (Phi) is 3.88. The highest BCUT2D eigenvalue weighted by Gasteiger charge is 2.40. The summed E-state index contributed by atoms with van der Waals surface area (Å²) in [6.07, 6.45) is 3.94. The zero-order valence-corrected chi connectivity index (χ0v) is 11.5. The van der Waals surface area contributed by atoms with Crippen molar-refractivity contribution in [3.63, 3.8) is 0 Å². The zero-order valence-electron chi connectivity index (χ0n) is 11.5. The van der Waals surface area contributed by atoms with Gasteiger partial charge in [-0.1, -0.05) is 0 Å². The number of rotatable bonds is 3. The summed E-state index contributed by atoms with van der Waals surface area (Å²) >= 11 is 0. The lowest BCUT2D eigenvalue weighted by Gasteiger charge is -2.41. The quantitative estimate of drug-likeness (QED) is 0.748. The number of carbonyl (C=O) groups excluding carboxylic acids is 1. The van der Waals surface area contributed by atoms with E-state index >= 15 is 0 Å². The standard InChI is InChI=1S/C14H26N2O/c1-12(2)16-8-5-14(6-9-16)4-7-15(11-14)10-13(3)17/h12H,4-11H2,1-3H3. The van der Waals surface area contributed by atoms with E-state index < -0.39 is 0 Å². The summed E-state index contributed by atoms with van der Waals surface area (Å²) in [6.45, 7) is 11.7. The molecule has 0 N–H and O–H groups in total. The SMILES string of the molecule is CC(=O)CN1CCC2(CCN(C(C)C)CC2)C1. The normalized spacial score (nSPS) is 25.9. The van der Waals surface area contributed by atoms with Crippen LogP contribution in [0.2, 0.25) is 0 Å². The van der Waals surface area contributed by atoms with Gasteiger partial charge in [0.15, 0.2) is 0 Å². The fourth-order valence-electron chi connectivity index (χ4n) is 3.40. The zero-order chi connectivity index (χ0) is 12.5. The van der Waals surface area contributed by atoms with E-state index in [1.54, 1.807) is 6.92 Å². The van der Waals surface area contributed by atoms with Gasteiger partial charge in [-0.3, -0.25) is 9.69 Å². The van der Waals surface area contributed by atoms with Crippen molar-refractivity contribution in [2.24, 2.45) is 5.41 Å². The van der Waals surface area contributed by atoms with E-state index in [1.165, 1.54) is 32.4 Å². The van der Waals surface area contributed by atoms with Gasteiger partial charge in [-0.05, 0) is 65.1 Å². The Hall–Kier alpha value is -0.410. The third-order valence-electron chi connectivity index (χ3n) is 4.55. The Labute approximate surface area is 105 Å². The highest BCUT2D eigenvalue weighted by molar-refractivity contribution is 5.77. The topological polar surface area (TPSA) is 23.6 Å². The largest absolute Gasteiger partial charge is 0.301 e. The first kappa shape index (κ1) is 13.0. The van der Waals surface area contributed by atoms with Gasteiger partial charge in [-0.2, -0.15) is 0 Å². The highest BCUT2D eigenvalue weighted by Crippen LogP contribution is 2.40. The summed E-state index contributed by atoms with van der Waals surface area (Å²) < 4.78 is 0. The summed E-state index contributed by atoms with van der Waals surface area (Å²) in [7, 11) is 0.